The third-order valence-corrected chi connectivity index (χ3v) is 3.15. The van der Waals surface area contributed by atoms with Crippen LogP contribution in [0.1, 0.15) is 54.4 Å². The van der Waals surface area contributed by atoms with Crippen molar-refractivity contribution in [2.45, 2.75) is 59.9 Å². The second-order valence-corrected chi connectivity index (χ2v) is 5.94. The molecule has 0 aromatic carbocycles. The molecule has 0 saturated heterocycles. The average molecular weight is 243 g/mol. The van der Waals surface area contributed by atoms with Crippen LogP contribution in [0.25, 0.3) is 0 Å². The van der Waals surface area contributed by atoms with Crippen molar-refractivity contribution in [3.63, 3.8) is 0 Å². The molecule has 4 nitrogen and oxygen atoms in total. The van der Waals surface area contributed by atoms with Gasteiger partial charge in [-0.25, -0.2) is 0 Å². The Hall–Kier alpha value is -1.06. The summed E-state index contributed by atoms with van der Waals surface area (Å²) in [4.78, 5) is 23.3. The summed E-state index contributed by atoms with van der Waals surface area (Å²) in [6.45, 7) is 11.2. The van der Waals surface area contributed by atoms with Gasteiger partial charge in [0.05, 0.1) is 5.41 Å². The fourth-order valence-corrected chi connectivity index (χ4v) is 1.96. The lowest BCUT2D eigenvalue weighted by Gasteiger charge is -2.33. The van der Waals surface area contributed by atoms with E-state index >= 15 is 0 Å². The molecule has 0 rings (SSSR count). The maximum absolute atomic E-state index is 11.9. The molecule has 1 atom stereocenters. The molecule has 4 heteroatoms. The molecule has 0 bridgehead atoms. The zero-order valence-corrected chi connectivity index (χ0v) is 11.8. The number of hydrogen-bond acceptors (Lipinski definition) is 2. The summed E-state index contributed by atoms with van der Waals surface area (Å²) in [7, 11) is 0. The summed E-state index contributed by atoms with van der Waals surface area (Å²) < 4.78 is 0. The Balaban J connectivity index is 4.89. The van der Waals surface area contributed by atoms with Crippen LogP contribution in [0.5, 0.6) is 0 Å². The van der Waals surface area contributed by atoms with Crippen molar-refractivity contribution in [1.82, 2.24) is 5.32 Å². The van der Waals surface area contributed by atoms with Crippen LogP contribution in [-0.4, -0.2) is 22.5 Å². The highest BCUT2D eigenvalue weighted by atomic mass is 16.4. The topological polar surface area (TPSA) is 66.4 Å². The number of amides is 1. The standard InChI is InChI=1S/C13H25NO3/c1-7-13(9(2)3,11(16)17)8-10(15)14-12(4,5)6/h9H,7-8H2,1-6H3,(H,14,15)(H,16,17). The number of aliphatic carboxylic acids is 1. The van der Waals surface area contributed by atoms with Crippen molar-refractivity contribution in [3.05, 3.63) is 0 Å². The Morgan fingerprint density at radius 2 is 1.71 bits per heavy atom. The van der Waals surface area contributed by atoms with Gasteiger partial charge in [-0.15, -0.1) is 0 Å². The lowest BCUT2D eigenvalue weighted by atomic mass is 9.72. The van der Waals surface area contributed by atoms with E-state index in [0.29, 0.717) is 6.42 Å². The van der Waals surface area contributed by atoms with E-state index in [4.69, 9.17) is 0 Å². The highest BCUT2D eigenvalue weighted by Gasteiger charge is 2.42. The Morgan fingerprint density at radius 1 is 1.24 bits per heavy atom. The molecular weight excluding hydrogens is 218 g/mol. The minimum absolute atomic E-state index is 0.0355. The van der Waals surface area contributed by atoms with Gasteiger partial charge in [0.2, 0.25) is 5.91 Å². The molecule has 0 saturated carbocycles. The third kappa shape index (κ3) is 4.36. The molecule has 0 fully saturated rings. The predicted molar refractivity (Wildman–Crippen MR) is 67.7 cm³/mol. The minimum Gasteiger partial charge on any atom is -0.481 e. The molecule has 0 radical (unpaired) electrons. The van der Waals surface area contributed by atoms with Crippen LogP contribution in [0.15, 0.2) is 0 Å². The summed E-state index contributed by atoms with van der Waals surface area (Å²) in [5.74, 6) is -1.16. The zero-order valence-electron chi connectivity index (χ0n) is 11.8. The molecule has 0 aliphatic carbocycles. The molecule has 1 amide bonds. The molecule has 0 aromatic heterocycles. The molecule has 0 heterocycles. The van der Waals surface area contributed by atoms with Gasteiger partial charge in [0, 0.05) is 12.0 Å². The van der Waals surface area contributed by atoms with E-state index in [1.807, 2.05) is 41.5 Å². The normalized spacial score (nSPS) is 15.5. The van der Waals surface area contributed by atoms with Crippen LogP contribution >= 0.6 is 0 Å². The maximum atomic E-state index is 11.9. The number of carbonyl (C=O) groups excluding carboxylic acids is 1. The van der Waals surface area contributed by atoms with Crippen molar-refractivity contribution < 1.29 is 14.7 Å². The first kappa shape index (κ1) is 15.9. The minimum atomic E-state index is -0.963. The van der Waals surface area contributed by atoms with E-state index < -0.39 is 11.4 Å². The highest BCUT2D eigenvalue weighted by molar-refractivity contribution is 5.85. The van der Waals surface area contributed by atoms with Gasteiger partial charge in [0.1, 0.15) is 0 Å². The van der Waals surface area contributed by atoms with Crippen LogP contribution in [0.4, 0.5) is 0 Å². The van der Waals surface area contributed by atoms with Crippen LogP contribution < -0.4 is 5.32 Å². The number of rotatable bonds is 5. The Bertz CT molecular complexity index is 292. The first-order chi connectivity index (χ1) is 7.55. The van der Waals surface area contributed by atoms with Gasteiger partial charge in [-0.05, 0) is 33.1 Å². The third-order valence-electron chi connectivity index (χ3n) is 3.15. The highest BCUT2D eigenvalue weighted by Crippen LogP contribution is 2.35. The van der Waals surface area contributed by atoms with E-state index in [-0.39, 0.29) is 23.8 Å². The zero-order chi connectivity index (χ0) is 13.9. The summed E-state index contributed by atoms with van der Waals surface area (Å²) in [6.07, 6.45) is 0.491. The molecule has 0 aliphatic rings. The van der Waals surface area contributed by atoms with Crippen LogP contribution in [0.3, 0.4) is 0 Å². The van der Waals surface area contributed by atoms with Crippen LogP contribution in [0, 0.1) is 11.3 Å². The largest absolute Gasteiger partial charge is 0.481 e. The van der Waals surface area contributed by atoms with Crippen molar-refractivity contribution in [2.24, 2.45) is 11.3 Å². The van der Waals surface area contributed by atoms with Gasteiger partial charge < -0.3 is 10.4 Å². The van der Waals surface area contributed by atoms with Crippen LogP contribution in [0.2, 0.25) is 0 Å². The predicted octanol–water partition coefficient (Wildman–Crippen LogP) is 2.43. The summed E-state index contributed by atoms with van der Waals surface area (Å²) in [6, 6.07) is 0. The quantitative estimate of drug-likeness (QED) is 0.779. The monoisotopic (exact) mass is 243 g/mol. The summed E-state index contributed by atoms with van der Waals surface area (Å²) in [5, 5.41) is 12.2. The molecular formula is C13H25NO3. The lowest BCUT2D eigenvalue weighted by molar-refractivity contribution is -0.155. The average Bonchev–Trinajstić information content (AvgIpc) is 2.09. The van der Waals surface area contributed by atoms with E-state index in [1.165, 1.54) is 0 Å². The van der Waals surface area contributed by atoms with E-state index in [2.05, 4.69) is 5.32 Å². The SMILES string of the molecule is CCC(CC(=O)NC(C)(C)C)(C(=O)O)C(C)C. The molecule has 100 valence electrons. The number of hydrogen-bond donors (Lipinski definition) is 2. The Kier molecular flexibility index (Phi) is 5.17. The maximum Gasteiger partial charge on any atom is 0.310 e. The van der Waals surface area contributed by atoms with Crippen LogP contribution in [-0.2, 0) is 9.59 Å². The second-order valence-electron chi connectivity index (χ2n) is 5.94. The fraction of sp³-hybridized carbons (Fsp3) is 0.846. The molecule has 1 unspecified atom stereocenters. The molecule has 0 aliphatic heterocycles. The van der Waals surface area contributed by atoms with E-state index in [9.17, 15) is 14.7 Å². The molecule has 0 spiro atoms. The van der Waals surface area contributed by atoms with Crippen molar-refractivity contribution in [3.8, 4) is 0 Å². The summed E-state index contributed by atoms with van der Waals surface area (Å²) in [5.41, 5.74) is -1.29. The van der Waals surface area contributed by atoms with E-state index in [1.54, 1.807) is 0 Å². The first-order valence-corrected chi connectivity index (χ1v) is 6.09. The van der Waals surface area contributed by atoms with Gasteiger partial charge in [0.25, 0.3) is 0 Å². The van der Waals surface area contributed by atoms with E-state index in [0.717, 1.165) is 0 Å². The number of carbonyl (C=O) groups is 2. The van der Waals surface area contributed by atoms with Crippen molar-refractivity contribution >= 4 is 11.9 Å². The lowest BCUT2D eigenvalue weighted by Crippen LogP contribution is -2.46. The fourth-order valence-electron chi connectivity index (χ4n) is 1.96. The number of nitrogens with one attached hydrogen (secondary N) is 1. The summed E-state index contributed by atoms with van der Waals surface area (Å²) >= 11 is 0. The van der Waals surface area contributed by atoms with Crippen molar-refractivity contribution in [1.29, 1.82) is 0 Å². The Morgan fingerprint density at radius 3 is 1.94 bits per heavy atom. The Labute approximate surface area is 104 Å². The van der Waals surface area contributed by atoms with Gasteiger partial charge in [-0.3, -0.25) is 9.59 Å². The smallest absolute Gasteiger partial charge is 0.310 e. The van der Waals surface area contributed by atoms with Gasteiger partial charge in [0.15, 0.2) is 0 Å². The molecule has 17 heavy (non-hydrogen) atoms. The van der Waals surface area contributed by atoms with Gasteiger partial charge in [-0.2, -0.15) is 0 Å². The van der Waals surface area contributed by atoms with Crippen molar-refractivity contribution in [2.75, 3.05) is 0 Å². The molecule has 0 aromatic rings. The number of carboxylic acid groups (broad SMARTS) is 1. The first-order valence-electron chi connectivity index (χ1n) is 6.09. The van der Waals surface area contributed by atoms with Gasteiger partial charge in [-0.1, -0.05) is 20.8 Å². The number of carboxylic acids is 1. The molecule has 2 N–H and O–H groups in total. The second kappa shape index (κ2) is 5.52. The van der Waals surface area contributed by atoms with Gasteiger partial charge >= 0.3 is 5.97 Å².